The first-order valence-electron chi connectivity index (χ1n) is 2.26. The monoisotopic (exact) mass is 176 g/mol. The number of hydrogen-bond acceptors (Lipinski definition) is 2. The zero-order valence-corrected chi connectivity index (χ0v) is 5.99. The highest BCUT2D eigenvalue weighted by molar-refractivity contribution is 9.11. The molecule has 0 radical (unpaired) electrons. The standard InChI is InChI=1S/C5H5BrO2/c1-3-4(6)2-5(7)8-3/h2H2,1H3. The van der Waals surface area contributed by atoms with Crippen LogP contribution in [0.25, 0.3) is 0 Å². The molecule has 0 aliphatic carbocycles. The van der Waals surface area contributed by atoms with E-state index < -0.39 is 0 Å². The number of esters is 1. The summed E-state index contributed by atoms with van der Waals surface area (Å²) in [6, 6.07) is 0. The zero-order valence-electron chi connectivity index (χ0n) is 4.40. The molecule has 2 nitrogen and oxygen atoms in total. The van der Waals surface area contributed by atoms with Gasteiger partial charge in [-0.25, -0.2) is 0 Å². The van der Waals surface area contributed by atoms with Gasteiger partial charge < -0.3 is 4.74 Å². The lowest BCUT2D eigenvalue weighted by atomic mass is 10.4. The SMILES string of the molecule is CC1=C(Br)CC(=O)O1. The molecule has 1 rings (SSSR count). The van der Waals surface area contributed by atoms with Gasteiger partial charge in [-0.1, -0.05) is 15.9 Å². The van der Waals surface area contributed by atoms with Crippen LogP contribution in [0.5, 0.6) is 0 Å². The number of cyclic esters (lactones) is 1. The Labute approximate surface area is 55.6 Å². The lowest BCUT2D eigenvalue weighted by molar-refractivity contribution is -0.136. The third-order valence-corrected chi connectivity index (χ3v) is 1.79. The number of allylic oxidation sites excluding steroid dienone is 1. The van der Waals surface area contributed by atoms with E-state index in [9.17, 15) is 4.79 Å². The van der Waals surface area contributed by atoms with Gasteiger partial charge in [-0.05, 0) is 6.92 Å². The molecule has 0 bridgehead atoms. The summed E-state index contributed by atoms with van der Waals surface area (Å²) in [4.78, 5) is 10.4. The molecule has 3 heteroatoms. The number of carbonyl (C=O) groups excluding carboxylic acids is 1. The van der Waals surface area contributed by atoms with Gasteiger partial charge in [-0.3, -0.25) is 4.79 Å². The highest BCUT2D eigenvalue weighted by atomic mass is 79.9. The van der Waals surface area contributed by atoms with Crippen molar-refractivity contribution in [2.75, 3.05) is 0 Å². The molecule has 0 spiro atoms. The predicted molar refractivity (Wildman–Crippen MR) is 32.3 cm³/mol. The molecule has 0 unspecified atom stereocenters. The molecule has 8 heavy (non-hydrogen) atoms. The maximum atomic E-state index is 10.4. The second-order valence-electron chi connectivity index (χ2n) is 1.61. The Hall–Kier alpha value is -0.310. The van der Waals surface area contributed by atoms with E-state index in [1.165, 1.54) is 0 Å². The van der Waals surface area contributed by atoms with Gasteiger partial charge >= 0.3 is 5.97 Å². The quantitative estimate of drug-likeness (QED) is 0.524. The average Bonchev–Trinajstić information content (AvgIpc) is 1.85. The number of hydrogen-bond donors (Lipinski definition) is 0. The Morgan fingerprint density at radius 3 is 2.50 bits per heavy atom. The van der Waals surface area contributed by atoms with Gasteiger partial charge in [0, 0.05) is 4.48 Å². The number of halogens is 1. The molecule has 0 saturated heterocycles. The Morgan fingerprint density at radius 1 is 1.75 bits per heavy atom. The molecule has 0 aromatic heterocycles. The molecule has 44 valence electrons. The normalized spacial score (nSPS) is 19.5. The minimum atomic E-state index is -0.172. The molecule has 0 fully saturated rings. The van der Waals surface area contributed by atoms with E-state index in [4.69, 9.17) is 0 Å². The third kappa shape index (κ3) is 0.916. The predicted octanol–water partition coefficient (Wildman–Crippen LogP) is 1.56. The molecule has 0 N–H and O–H groups in total. The van der Waals surface area contributed by atoms with Crippen molar-refractivity contribution in [2.24, 2.45) is 0 Å². The van der Waals surface area contributed by atoms with E-state index >= 15 is 0 Å². The number of carbonyl (C=O) groups is 1. The van der Waals surface area contributed by atoms with Crippen LogP contribution < -0.4 is 0 Å². The molecule has 1 aliphatic heterocycles. The fourth-order valence-corrected chi connectivity index (χ4v) is 0.823. The Balaban J connectivity index is 2.73. The second kappa shape index (κ2) is 1.90. The van der Waals surface area contributed by atoms with Crippen molar-refractivity contribution in [2.45, 2.75) is 13.3 Å². The molecule has 0 amide bonds. The van der Waals surface area contributed by atoms with Crippen molar-refractivity contribution >= 4 is 21.9 Å². The number of ether oxygens (including phenoxy) is 1. The molecular formula is C5H5BrO2. The Morgan fingerprint density at radius 2 is 2.38 bits per heavy atom. The third-order valence-electron chi connectivity index (χ3n) is 0.948. The molecule has 0 aromatic carbocycles. The highest BCUT2D eigenvalue weighted by Crippen LogP contribution is 2.24. The fourth-order valence-electron chi connectivity index (χ4n) is 0.513. The highest BCUT2D eigenvalue weighted by Gasteiger charge is 2.17. The maximum absolute atomic E-state index is 10.4. The van der Waals surface area contributed by atoms with Crippen LogP contribution in [0.15, 0.2) is 10.2 Å². The summed E-state index contributed by atoms with van der Waals surface area (Å²) in [7, 11) is 0. The second-order valence-corrected chi connectivity index (χ2v) is 2.57. The van der Waals surface area contributed by atoms with Gasteiger partial charge in [-0.2, -0.15) is 0 Å². The lowest BCUT2D eigenvalue weighted by Crippen LogP contribution is -1.90. The van der Waals surface area contributed by atoms with Crippen LogP contribution in [0.2, 0.25) is 0 Å². The van der Waals surface area contributed by atoms with Crippen LogP contribution in [-0.4, -0.2) is 5.97 Å². The molecule has 0 aromatic rings. The molecular weight excluding hydrogens is 172 g/mol. The molecule has 1 aliphatic rings. The smallest absolute Gasteiger partial charge is 0.316 e. The minimum Gasteiger partial charge on any atom is -0.430 e. The summed E-state index contributed by atoms with van der Waals surface area (Å²) in [6.07, 6.45) is 0.395. The summed E-state index contributed by atoms with van der Waals surface area (Å²) >= 11 is 3.18. The average molecular weight is 177 g/mol. The first-order valence-corrected chi connectivity index (χ1v) is 3.05. The first-order chi connectivity index (χ1) is 3.70. The summed E-state index contributed by atoms with van der Waals surface area (Å²) in [5.41, 5.74) is 0. The van der Waals surface area contributed by atoms with E-state index in [1.54, 1.807) is 6.92 Å². The minimum absolute atomic E-state index is 0.172. The Kier molecular flexibility index (Phi) is 1.38. The van der Waals surface area contributed by atoms with E-state index in [1.807, 2.05) is 0 Å². The largest absolute Gasteiger partial charge is 0.430 e. The van der Waals surface area contributed by atoms with E-state index in [-0.39, 0.29) is 5.97 Å². The summed E-state index contributed by atoms with van der Waals surface area (Å²) < 4.78 is 5.53. The fraction of sp³-hybridized carbons (Fsp3) is 0.400. The topological polar surface area (TPSA) is 26.3 Å². The van der Waals surface area contributed by atoms with Crippen LogP contribution >= 0.6 is 15.9 Å². The van der Waals surface area contributed by atoms with Crippen LogP contribution in [0.1, 0.15) is 13.3 Å². The van der Waals surface area contributed by atoms with Gasteiger partial charge in [-0.15, -0.1) is 0 Å². The summed E-state index contributed by atoms with van der Waals surface area (Å²) in [6.45, 7) is 1.76. The van der Waals surface area contributed by atoms with Crippen molar-refractivity contribution in [3.63, 3.8) is 0 Å². The van der Waals surface area contributed by atoms with Crippen LogP contribution in [-0.2, 0) is 9.53 Å². The maximum Gasteiger partial charge on any atom is 0.316 e. The van der Waals surface area contributed by atoms with Crippen molar-refractivity contribution in [3.8, 4) is 0 Å². The molecule has 1 heterocycles. The van der Waals surface area contributed by atoms with Crippen LogP contribution in [0.3, 0.4) is 0 Å². The van der Waals surface area contributed by atoms with E-state index in [0.29, 0.717) is 12.2 Å². The van der Waals surface area contributed by atoms with Gasteiger partial charge in [0.2, 0.25) is 0 Å². The van der Waals surface area contributed by atoms with Crippen molar-refractivity contribution in [1.82, 2.24) is 0 Å². The van der Waals surface area contributed by atoms with Gasteiger partial charge in [0.15, 0.2) is 0 Å². The Bertz CT molecular complexity index is 144. The number of rotatable bonds is 0. The van der Waals surface area contributed by atoms with Crippen LogP contribution in [0.4, 0.5) is 0 Å². The lowest BCUT2D eigenvalue weighted by Gasteiger charge is -1.88. The van der Waals surface area contributed by atoms with E-state index in [2.05, 4.69) is 20.7 Å². The zero-order chi connectivity index (χ0) is 6.15. The van der Waals surface area contributed by atoms with Gasteiger partial charge in [0.25, 0.3) is 0 Å². The first kappa shape index (κ1) is 5.82. The summed E-state index contributed by atoms with van der Waals surface area (Å²) in [5.74, 6) is 0.518. The van der Waals surface area contributed by atoms with Crippen molar-refractivity contribution in [3.05, 3.63) is 10.2 Å². The summed E-state index contributed by atoms with van der Waals surface area (Å²) in [5, 5.41) is 0. The van der Waals surface area contributed by atoms with Crippen molar-refractivity contribution < 1.29 is 9.53 Å². The van der Waals surface area contributed by atoms with Gasteiger partial charge in [0.05, 0.1) is 6.42 Å². The van der Waals surface area contributed by atoms with Crippen LogP contribution in [0, 0.1) is 0 Å². The molecule has 0 saturated carbocycles. The van der Waals surface area contributed by atoms with Crippen molar-refractivity contribution in [1.29, 1.82) is 0 Å². The molecule has 0 atom stereocenters. The van der Waals surface area contributed by atoms with E-state index in [0.717, 1.165) is 4.48 Å². The van der Waals surface area contributed by atoms with Gasteiger partial charge in [0.1, 0.15) is 5.76 Å².